The summed E-state index contributed by atoms with van der Waals surface area (Å²) in [5.74, 6) is 0. The average molecular weight is 291 g/mol. The first kappa shape index (κ1) is 13.8. The lowest BCUT2D eigenvalue weighted by Crippen LogP contribution is -2.38. The van der Waals surface area contributed by atoms with E-state index in [0.717, 1.165) is 12.0 Å². The summed E-state index contributed by atoms with van der Waals surface area (Å²) in [6, 6.07) is 2.59. The molecule has 20 heavy (non-hydrogen) atoms. The Morgan fingerprint density at radius 2 is 2.45 bits per heavy atom. The molecule has 4 nitrogen and oxygen atoms in total. The Morgan fingerprint density at radius 3 is 3.20 bits per heavy atom. The fourth-order valence-corrected chi connectivity index (χ4v) is 3.81. The maximum Gasteiger partial charge on any atom is 0.102 e. The van der Waals surface area contributed by atoms with Gasteiger partial charge in [-0.2, -0.15) is 5.10 Å². The standard InChI is InChI=1S/C15H21N3OS/c1-15(19,11-8-17-18(2)9-11)10-16-13-4-3-5-14-12(13)6-7-20-14/h6-9,13,16,19H,3-5,10H2,1-2H3/t13-,15-/m1/s1. The molecule has 2 aromatic rings. The zero-order valence-electron chi connectivity index (χ0n) is 12.0. The Bertz CT molecular complexity index is 587. The summed E-state index contributed by atoms with van der Waals surface area (Å²) in [5.41, 5.74) is 1.39. The lowest BCUT2D eigenvalue weighted by Gasteiger charge is -2.29. The van der Waals surface area contributed by atoms with E-state index >= 15 is 0 Å². The Kier molecular flexibility index (Phi) is 3.67. The maximum atomic E-state index is 10.6. The number of fused-ring (bicyclic) bond motifs is 1. The molecule has 0 fully saturated rings. The van der Waals surface area contributed by atoms with Crippen molar-refractivity contribution in [2.45, 2.75) is 37.8 Å². The SMILES string of the molecule is Cn1cc([C@](C)(O)CN[C@@H]2CCCc3sccc32)cn1. The van der Waals surface area contributed by atoms with E-state index < -0.39 is 5.60 Å². The van der Waals surface area contributed by atoms with Gasteiger partial charge >= 0.3 is 0 Å². The summed E-state index contributed by atoms with van der Waals surface area (Å²) >= 11 is 1.85. The third-order valence-electron chi connectivity index (χ3n) is 4.07. The molecule has 0 aliphatic heterocycles. The quantitative estimate of drug-likeness (QED) is 0.909. The van der Waals surface area contributed by atoms with Gasteiger partial charge in [0.1, 0.15) is 5.60 Å². The van der Waals surface area contributed by atoms with Gasteiger partial charge < -0.3 is 10.4 Å². The van der Waals surface area contributed by atoms with Crippen LogP contribution < -0.4 is 5.32 Å². The number of hydrogen-bond donors (Lipinski definition) is 2. The lowest BCUT2D eigenvalue weighted by molar-refractivity contribution is 0.0530. The number of aryl methyl sites for hydroxylation is 2. The molecular formula is C15H21N3OS. The van der Waals surface area contributed by atoms with Crippen molar-refractivity contribution in [3.8, 4) is 0 Å². The zero-order valence-corrected chi connectivity index (χ0v) is 12.8. The topological polar surface area (TPSA) is 50.1 Å². The van der Waals surface area contributed by atoms with Crippen molar-refractivity contribution >= 4 is 11.3 Å². The van der Waals surface area contributed by atoms with E-state index in [4.69, 9.17) is 0 Å². The smallest absolute Gasteiger partial charge is 0.102 e. The van der Waals surface area contributed by atoms with Gasteiger partial charge in [0.05, 0.1) is 6.20 Å². The van der Waals surface area contributed by atoms with Crippen molar-refractivity contribution in [3.05, 3.63) is 39.8 Å². The number of aromatic nitrogens is 2. The highest BCUT2D eigenvalue weighted by molar-refractivity contribution is 7.10. The highest BCUT2D eigenvalue weighted by atomic mass is 32.1. The lowest BCUT2D eigenvalue weighted by atomic mass is 9.92. The van der Waals surface area contributed by atoms with Crippen LogP contribution in [0.3, 0.4) is 0 Å². The monoisotopic (exact) mass is 291 g/mol. The fraction of sp³-hybridized carbons (Fsp3) is 0.533. The third kappa shape index (κ3) is 2.66. The molecule has 0 unspecified atom stereocenters. The Balaban J connectivity index is 1.68. The fourth-order valence-electron chi connectivity index (χ4n) is 2.82. The number of thiophene rings is 1. The van der Waals surface area contributed by atoms with Gasteiger partial charge in [-0.25, -0.2) is 0 Å². The van der Waals surface area contributed by atoms with Crippen molar-refractivity contribution in [2.75, 3.05) is 6.54 Å². The van der Waals surface area contributed by atoms with Crippen LogP contribution in [-0.2, 0) is 19.1 Å². The summed E-state index contributed by atoms with van der Waals surface area (Å²) in [5, 5.41) is 20.5. The zero-order chi connectivity index (χ0) is 14.2. The van der Waals surface area contributed by atoms with E-state index in [-0.39, 0.29) is 0 Å². The summed E-state index contributed by atoms with van der Waals surface area (Å²) in [6.07, 6.45) is 7.17. The molecule has 2 atom stereocenters. The highest BCUT2D eigenvalue weighted by Gasteiger charge is 2.28. The van der Waals surface area contributed by atoms with Gasteiger partial charge in [-0.15, -0.1) is 11.3 Å². The summed E-state index contributed by atoms with van der Waals surface area (Å²) in [6.45, 7) is 2.38. The van der Waals surface area contributed by atoms with Gasteiger partial charge in [-0.05, 0) is 43.2 Å². The molecule has 3 rings (SSSR count). The molecule has 0 amide bonds. The van der Waals surface area contributed by atoms with E-state index in [1.807, 2.05) is 31.5 Å². The van der Waals surface area contributed by atoms with E-state index in [2.05, 4.69) is 21.9 Å². The van der Waals surface area contributed by atoms with Crippen LogP contribution in [0.1, 0.15) is 41.8 Å². The van der Waals surface area contributed by atoms with Crippen molar-refractivity contribution in [1.82, 2.24) is 15.1 Å². The molecule has 0 aromatic carbocycles. The molecule has 2 heterocycles. The van der Waals surface area contributed by atoms with Crippen LogP contribution in [-0.4, -0.2) is 21.4 Å². The Morgan fingerprint density at radius 1 is 1.60 bits per heavy atom. The molecule has 2 aromatic heterocycles. The van der Waals surface area contributed by atoms with Crippen LogP contribution >= 0.6 is 11.3 Å². The van der Waals surface area contributed by atoms with Crippen molar-refractivity contribution < 1.29 is 5.11 Å². The predicted molar refractivity (Wildman–Crippen MR) is 80.8 cm³/mol. The minimum absolute atomic E-state index is 0.369. The molecule has 0 saturated heterocycles. The molecule has 2 N–H and O–H groups in total. The van der Waals surface area contributed by atoms with Gasteiger partial charge in [-0.3, -0.25) is 4.68 Å². The van der Waals surface area contributed by atoms with Crippen LogP contribution in [0.4, 0.5) is 0 Å². The van der Waals surface area contributed by atoms with Crippen LogP contribution in [0, 0.1) is 0 Å². The van der Waals surface area contributed by atoms with Gasteiger partial charge in [0.15, 0.2) is 0 Å². The minimum Gasteiger partial charge on any atom is -0.384 e. The molecule has 0 radical (unpaired) electrons. The second-order valence-corrected chi connectivity index (χ2v) is 6.80. The van der Waals surface area contributed by atoms with Crippen LogP contribution in [0.2, 0.25) is 0 Å². The van der Waals surface area contributed by atoms with Gasteiger partial charge in [-0.1, -0.05) is 0 Å². The van der Waals surface area contributed by atoms with Crippen LogP contribution in [0.15, 0.2) is 23.8 Å². The first-order valence-corrected chi connectivity index (χ1v) is 7.95. The summed E-state index contributed by atoms with van der Waals surface area (Å²) < 4.78 is 1.72. The van der Waals surface area contributed by atoms with E-state index in [0.29, 0.717) is 12.6 Å². The van der Waals surface area contributed by atoms with Gasteiger partial charge in [0.2, 0.25) is 0 Å². The Labute approximate surface area is 123 Å². The second kappa shape index (κ2) is 5.31. The molecule has 0 saturated carbocycles. The normalized spacial score (nSPS) is 21.4. The third-order valence-corrected chi connectivity index (χ3v) is 5.07. The maximum absolute atomic E-state index is 10.6. The molecule has 1 aliphatic rings. The molecule has 5 heteroatoms. The number of nitrogens with one attached hydrogen (secondary N) is 1. The Hall–Kier alpha value is -1.17. The molecule has 1 aliphatic carbocycles. The van der Waals surface area contributed by atoms with Crippen molar-refractivity contribution in [3.63, 3.8) is 0 Å². The number of hydrogen-bond acceptors (Lipinski definition) is 4. The molecule has 0 spiro atoms. The first-order valence-electron chi connectivity index (χ1n) is 7.07. The molecule has 0 bridgehead atoms. The predicted octanol–water partition coefficient (Wildman–Crippen LogP) is 2.36. The molecule has 108 valence electrons. The van der Waals surface area contributed by atoms with Crippen LogP contribution in [0.25, 0.3) is 0 Å². The second-order valence-electron chi connectivity index (χ2n) is 5.80. The number of rotatable bonds is 4. The number of aliphatic hydroxyl groups is 1. The summed E-state index contributed by atoms with van der Waals surface area (Å²) in [7, 11) is 1.87. The summed E-state index contributed by atoms with van der Waals surface area (Å²) in [4.78, 5) is 1.50. The molecular weight excluding hydrogens is 270 g/mol. The van der Waals surface area contributed by atoms with E-state index in [1.165, 1.54) is 23.3 Å². The minimum atomic E-state index is -0.887. The van der Waals surface area contributed by atoms with E-state index in [1.54, 1.807) is 10.9 Å². The highest BCUT2D eigenvalue weighted by Crippen LogP contribution is 2.33. The van der Waals surface area contributed by atoms with Crippen molar-refractivity contribution in [1.29, 1.82) is 0 Å². The van der Waals surface area contributed by atoms with Crippen molar-refractivity contribution in [2.24, 2.45) is 7.05 Å². The van der Waals surface area contributed by atoms with E-state index in [9.17, 15) is 5.11 Å². The average Bonchev–Trinajstić information content (AvgIpc) is 3.05. The van der Waals surface area contributed by atoms with Crippen LogP contribution in [0.5, 0.6) is 0 Å². The number of nitrogens with zero attached hydrogens (tertiary/aromatic N) is 2. The largest absolute Gasteiger partial charge is 0.384 e. The van der Waals surface area contributed by atoms with Gasteiger partial charge in [0, 0.05) is 36.3 Å². The first-order chi connectivity index (χ1) is 9.56. The van der Waals surface area contributed by atoms with Gasteiger partial charge in [0.25, 0.3) is 0 Å².